The largest absolute Gasteiger partial charge is 0.456 e. The number of hydrogen-bond acceptors (Lipinski definition) is 8. The number of carbonyl (C=O) groups is 2. The lowest BCUT2D eigenvalue weighted by Gasteiger charge is -2.46. The third kappa shape index (κ3) is 6.20. The van der Waals surface area contributed by atoms with E-state index in [1.54, 1.807) is 6.92 Å². The number of ether oxygens (including phenoxy) is 1. The van der Waals surface area contributed by atoms with Gasteiger partial charge in [-0.25, -0.2) is 4.79 Å². The number of thioether (sulfide) groups is 1. The molecule has 1 fully saturated rings. The van der Waals surface area contributed by atoms with Crippen LogP contribution in [0.25, 0.3) is 0 Å². The molecule has 52 heavy (non-hydrogen) atoms. The number of carbonyl (C=O) groups excluding carboxylic acids is 2. The van der Waals surface area contributed by atoms with Crippen molar-refractivity contribution in [1.29, 1.82) is 0 Å². The molecule has 10 nitrogen and oxygen atoms in total. The van der Waals surface area contributed by atoms with Gasteiger partial charge in [0, 0.05) is 41.3 Å². The summed E-state index contributed by atoms with van der Waals surface area (Å²) in [6.45, 7) is 3.46. The molecule has 0 aliphatic carbocycles. The van der Waals surface area contributed by atoms with Crippen LogP contribution in [0, 0.1) is 22.0 Å². The number of β-lactam (4-membered cyclic amide) rings is 1. The van der Waals surface area contributed by atoms with Crippen LogP contribution in [0.5, 0.6) is 0 Å². The second-order valence-corrected chi connectivity index (χ2v) is 14.3. The van der Waals surface area contributed by atoms with Crippen molar-refractivity contribution in [2.75, 3.05) is 5.75 Å². The monoisotopic (exact) mass is 714 g/mol. The molecule has 4 atom stereocenters. The second-order valence-electron chi connectivity index (χ2n) is 13.1. The fraction of sp³-hybridized carbons (Fsp3) is 0.244. The molecule has 7 rings (SSSR count). The highest BCUT2D eigenvalue weighted by Gasteiger charge is 2.60. The van der Waals surface area contributed by atoms with Crippen molar-refractivity contribution < 1.29 is 24.4 Å². The lowest BCUT2D eigenvalue weighted by molar-refractivity contribution is -0.384. The second kappa shape index (κ2) is 14.6. The van der Waals surface area contributed by atoms with Gasteiger partial charge in [-0.1, -0.05) is 97.9 Å². The molecule has 0 unspecified atom stereocenters. The number of aryl methyl sites for hydroxylation is 1. The molecule has 0 spiro atoms. The first-order chi connectivity index (χ1) is 25.2. The lowest BCUT2D eigenvalue weighted by Crippen LogP contribution is -2.63. The number of nitro benzene ring substituents is 1. The van der Waals surface area contributed by atoms with E-state index in [0.29, 0.717) is 17.7 Å². The predicted octanol–water partition coefficient (Wildman–Crippen LogP) is 6.72. The third-order valence-corrected chi connectivity index (χ3v) is 11.3. The Bertz CT molecular complexity index is 2000. The lowest BCUT2D eigenvalue weighted by atomic mass is 9.77. The first-order valence-electron chi connectivity index (χ1n) is 17.2. The molecule has 5 aromatic rings. The summed E-state index contributed by atoms with van der Waals surface area (Å²) >= 11 is 1.50. The smallest absolute Gasteiger partial charge is 0.356 e. The van der Waals surface area contributed by atoms with Crippen LogP contribution in [0.4, 0.5) is 5.69 Å². The maximum atomic E-state index is 13.6. The summed E-state index contributed by atoms with van der Waals surface area (Å²) in [4.78, 5) is 39.7. The molecule has 0 radical (unpaired) electrons. The standard InChI is InChI=1S/C41H38N4O6S/c1-27-36-35(28(2)46)39(47)44(36)37(40(48)51-26-29-18-20-34(21-19-29)45(49)50)38(27)52-25-23-33-22-24-43(42-33)41(30-12-6-3-7-13-30,31-14-8-4-9-15-31)32-16-10-5-11-17-32/h3-22,24,27-28,35-36,46H,23,25-26H2,1-2H3/t27-,28-,35-,36-/m1/s1. The van der Waals surface area contributed by atoms with Crippen LogP contribution >= 0.6 is 11.8 Å². The number of non-ortho nitro benzene ring substituents is 1. The number of aliphatic hydroxyl groups is 1. The fourth-order valence-corrected chi connectivity index (χ4v) is 8.77. The molecule has 0 saturated carbocycles. The quantitative estimate of drug-likeness (QED) is 0.0468. The van der Waals surface area contributed by atoms with Crippen molar-refractivity contribution in [2.24, 2.45) is 11.8 Å². The summed E-state index contributed by atoms with van der Waals surface area (Å²) in [5, 5.41) is 26.6. The van der Waals surface area contributed by atoms with E-state index in [1.165, 1.54) is 40.9 Å². The molecule has 264 valence electrons. The molecule has 1 saturated heterocycles. The van der Waals surface area contributed by atoms with E-state index in [4.69, 9.17) is 9.84 Å². The summed E-state index contributed by atoms with van der Waals surface area (Å²) < 4.78 is 7.70. The molecule has 2 aliphatic heterocycles. The van der Waals surface area contributed by atoms with Gasteiger partial charge in [-0.2, -0.15) is 5.10 Å². The van der Waals surface area contributed by atoms with Gasteiger partial charge in [-0.15, -0.1) is 11.8 Å². The molecule has 1 N–H and O–H groups in total. The average molecular weight is 715 g/mol. The molecule has 3 heterocycles. The maximum Gasteiger partial charge on any atom is 0.356 e. The van der Waals surface area contributed by atoms with Crippen LogP contribution in [-0.2, 0) is 32.9 Å². The zero-order valence-corrected chi connectivity index (χ0v) is 29.6. The predicted molar refractivity (Wildman–Crippen MR) is 198 cm³/mol. The zero-order valence-electron chi connectivity index (χ0n) is 28.7. The molecule has 2 aliphatic rings. The number of nitro groups is 1. The van der Waals surface area contributed by atoms with Crippen LogP contribution in [0.15, 0.2) is 138 Å². The van der Waals surface area contributed by atoms with Gasteiger partial charge >= 0.3 is 5.97 Å². The number of hydrogen-bond donors (Lipinski definition) is 1. The minimum absolute atomic E-state index is 0.0602. The highest BCUT2D eigenvalue weighted by molar-refractivity contribution is 8.03. The van der Waals surface area contributed by atoms with Crippen LogP contribution in [0.3, 0.4) is 0 Å². The van der Waals surface area contributed by atoms with Crippen LogP contribution in [0.2, 0.25) is 0 Å². The van der Waals surface area contributed by atoms with Crippen molar-refractivity contribution in [3.05, 3.63) is 176 Å². The SMILES string of the molecule is C[C@@H](O)[C@H]1C(=O)N2C(C(=O)OCc3ccc([N+](=O)[O-])cc3)=C(SCCc3ccn(C(c4ccccc4)(c4ccccc4)c4ccccc4)n3)[C@H](C)[C@H]12. The van der Waals surface area contributed by atoms with Crippen molar-refractivity contribution in [3.63, 3.8) is 0 Å². The number of fused-ring (bicyclic) bond motifs is 1. The van der Waals surface area contributed by atoms with Crippen LogP contribution in [0.1, 0.15) is 41.8 Å². The fourth-order valence-electron chi connectivity index (χ4n) is 7.52. The average Bonchev–Trinajstić information content (AvgIpc) is 3.73. The van der Waals surface area contributed by atoms with Gasteiger partial charge in [0.2, 0.25) is 5.91 Å². The first-order valence-corrected chi connectivity index (χ1v) is 18.2. The van der Waals surface area contributed by atoms with Crippen molar-refractivity contribution in [1.82, 2.24) is 14.7 Å². The van der Waals surface area contributed by atoms with Gasteiger partial charge in [-0.3, -0.25) is 19.6 Å². The Morgan fingerprint density at radius 3 is 2.00 bits per heavy atom. The molecular weight excluding hydrogens is 677 g/mol. The molecule has 11 heteroatoms. The number of aromatic nitrogens is 2. The molecule has 1 aromatic heterocycles. The Labute approximate surface area is 305 Å². The van der Waals surface area contributed by atoms with E-state index in [2.05, 4.69) is 36.4 Å². The Kier molecular flexibility index (Phi) is 9.81. The maximum absolute atomic E-state index is 13.6. The van der Waals surface area contributed by atoms with Crippen molar-refractivity contribution >= 4 is 29.3 Å². The van der Waals surface area contributed by atoms with Gasteiger partial charge in [0.05, 0.1) is 28.7 Å². The zero-order chi connectivity index (χ0) is 36.4. The topological polar surface area (TPSA) is 128 Å². The Morgan fingerprint density at radius 1 is 0.923 bits per heavy atom. The van der Waals surface area contributed by atoms with Crippen molar-refractivity contribution in [2.45, 2.75) is 44.6 Å². The normalized spacial score (nSPS) is 18.9. The molecule has 0 bridgehead atoms. The minimum Gasteiger partial charge on any atom is -0.456 e. The summed E-state index contributed by atoms with van der Waals surface area (Å²) in [5.41, 5.74) is 4.07. The summed E-state index contributed by atoms with van der Waals surface area (Å²) in [5.74, 6) is -1.16. The molecule has 1 amide bonds. The summed E-state index contributed by atoms with van der Waals surface area (Å²) in [6.07, 6.45) is 1.75. The Hall–Kier alpha value is -5.52. The first kappa shape index (κ1) is 34.9. The number of nitrogens with zero attached hydrogens (tertiary/aromatic N) is 4. The number of rotatable bonds is 13. The van der Waals surface area contributed by atoms with Crippen LogP contribution < -0.4 is 0 Å². The molecule has 4 aromatic carbocycles. The Balaban J connectivity index is 1.15. The van der Waals surface area contributed by atoms with E-state index in [-0.39, 0.29) is 35.9 Å². The number of amides is 1. The minimum atomic E-state index is -0.860. The van der Waals surface area contributed by atoms with Crippen LogP contribution in [-0.4, -0.2) is 54.5 Å². The summed E-state index contributed by atoms with van der Waals surface area (Å²) in [6, 6.07) is 38.5. The van der Waals surface area contributed by atoms with Gasteiger partial charge in [0.15, 0.2) is 0 Å². The summed E-state index contributed by atoms with van der Waals surface area (Å²) in [7, 11) is 0. The number of aliphatic hydroxyl groups excluding tert-OH is 1. The van der Waals surface area contributed by atoms with E-state index in [1.807, 2.05) is 78.5 Å². The van der Waals surface area contributed by atoms with E-state index in [9.17, 15) is 24.8 Å². The van der Waals surface area contributed by atoms with Gasteiger partial charge in [-0.05, 0) is 47.4 Å². The molecular formula is C41H38N4O6S. The van der Waals surface area contributed by atoms with E-state index in [0.717, 1.165) is 27.3 Å². The van der Waals surface area contributed by atoms with Gasteiger partial charge in [0.1, 0.15) is 17.8 Å². The highest BCUT2D eigenvalue weighted by Crippen LogP contribution is 2.51. The third-order valence-electron chi connectivity index (χ3n) is 10.00. The van der Waals surface area contributed by atoms with E-state index >= 15 is 0 Å². The van der Waals surface area contributed by atoms with Gasteiger partial charge in [0.25, 0.3) is 5.69 Å². The number of benzene rings is 4. The van der Waals surface area contributed by atoms with E-state index < -0.39 is 28.5 Å². The van der Waals surface area contributed by atoms with Gasteiger partial charge < -0.3 is 14.7 Å². The van der Waals surface area contributed by atoms with Crippen molar-refractivity contribution in [3.8, 4) is 0 Å². The number of esters is 1. The highest BCUT2D eigenvalue weighted by atomic mass is 32.2. The Morgan fingerprint density at radius 2 is 1.48 bits per heavy atom.